The SMILES string of the molecule is O=S(=O)(c1c(F)cccc1F)n1cc(Cl)c2cc(CN3CCNCC3)ccc21. The van der Waals surface area contributed by atoms with Crippen molar-refractivity contribution in [2.24, 2.45) is 0 Å². The van der Waals surface area contributed by atoms with E-state index in [0.29, 0.717) is 11.9 Å². The summed E-state index contributed by atoms with van der Waals surface area (Å²) in [6.07, 6.45) is 1.18. The summed E-state index contributed by atoms with van der Waals surface area (Å²) in [5.41, 5.74) is 1.26. The molecule has 1 N–H and O–H groups in total. The molecular weight excluding hydrogens is 408 g/mol. The van der Waals surface area contributed by atoms with Gasteiger partial charge in [-0.15, -0.1) is 0 Å². The first-order valence-corrected chi connectivity index (χ1v) is 10.6. The van der Waals surface area contributed by atoms with E-state index in [1.165, 1.54) is 6.20 Å². The monoisotopic (exact) mass is 425 g/mol. The number of hydrogen-bond donors (Lipinski definition) is 1. The summed E-state index contributed by atoms with van der Waals surface area (Å²) in [6.45, 7) is 4.41. The van der Waals surface area contributed by atoms with Crippen LogP contribution < -0.4 is 5.32 Å². The van der Waals surface area contributed by atoms with Crippen LogP contribution in [0, 0.1) is 11.6 Å². The lowest BCUT2D eigenvalue weighted by atomic mass is 10.1. The van der Waals surface area contributed by atoms with Crippen LogP contribution in [-0.4, -0.2) is 43.5 Å². The van der Waals surface area contributed by atoms with E-state index in [2.05, 4.69) is 10.2 Å². The summed E-state index contributed by atoms with van der Waals surface area (Å²) in [5.74, 6) is -2.29. The summed E-state index contributed by atoms with van der Waals surface area (Å²) in [7, 11) is -4.48. The average Bonchev–Trinajstić information content (AvgIpc) is 2.99. The van der Waals surface area contributed by atoms with Gasteiger partial charge in [0.05, 0.1) is 10.5 Å². The number of hydrogen-bond acceptors (Lipinski definition) is 4. The summed E-state index contributed by atoms with van der Waals surface area (Å²) in [5, 5.41) is 4.02. The topological polar surface area (TPSA) is 54.3 Å². The molecule has 0 aliphatic carbocycles. The Labute approximate surface area is 166 Å². The molecule has 1 aromatic heterocycles. The first-order chi connectivity index (χ1) is 13.4. The fourth-order valence-electron chi connectivity index (χ4n) is 3.46. The molecular formula is C19H18ClF2N3O2S. The van der Waals surface area contributed by atoms with Crippen LogP contribution in [0.5, 0.6) is 0 Å². The molecule has 0 amide bonds. The Balaban J connectivity index is 1.76. The molecule has 2 heterocycles. The molecule has 0 unspecified atom stereocenters. The molecule has 1 aliphatic rings. The zero-order chi connectivity index (χ0) is 19.9. The third kappa shape index (κ3) is 3.41. The standard InChI is InChI=1S/C19H18ClF2N3O2S/c20-15-12-25(28(26,27)19-16(21)2-1-3-17(19)22)18-5-4-13(10-14(15)18)11-24-8-6-23-7-9-24/h1-5,10,12,23H,6-9,11H2. The van der Waals surface area contributed by atoms with Gasteiger partial charge in [0.25, 0.3) is 10.0 Å². The third-order valence-corrected chi connectivity index (χ3v) is 6.87. The van der Waals surface area contributed by atoms with E-state index in [4.69, 9.17) is 11.6 Å². The van der Waals surface area contributed by atoms with Gasteiger partial charge >= 0.3 is 0 Å². The predicted octanol–water partition coefficient (Wildman–Crippen LogP) is 3.22. The zero-order valence-corrected chi connectivity index (χ0v) is 16.4. The number of piperazine rings is 1. The van der Waals surface area contributed by atoms with Crippen molar-refractivity contribution in [1.82, 2.24) is 14.2 Å². The van der Waals surface area contributed by atoms with Crippen LogP contribution in [0.1, 0.15) is 5.56 Å². The Morgan fingerprint density at radius 1 is 1.07 bits per heavy atom. The minimum Gasteiger partial charge on any atom is -0.314 e. The van der Waals surface area contributed by atoms with Crippen LogP contribution in [0.2, 0.25) is 5.02 Å². The fraction of sp³-hybridized carbons (Fsp3) is 0.263. The van der Waals surface area contributed by atoms with Gasteiger partial charge in [-0.1, -0.05) is 23.7 Å². The second kappa shape index (κ2) is 7.44. The van der Waals surface area contributed by atoms with E-state index in [1.807, 2.05) is 12.1 Å². The molecule has 4 rings (SSSR count). The van der Waals surface area contributed by atoms with Crippen molar-refractivity contribution >= 4 is 32.5 Å². The van der Waals surface area contributed by atoms with Crippen molar-refractivity contribution in [1.29, 1.82) is 0 Å². The van der Waals surface area contributed by atoms with Crippen LogP contribution in [0.3, 0.4) is 0 Å². The lowest BCUT2D eigenvalue weighted by Crippen LogP contribution is -2.42. The molecule has 1 aliphatic heterocycles. The summed E-state index contributed by atoms with van der Waals surface area (Å²) in [6, 6.07) is 8.19. The molecule has 0 spiro atoms. The van der Waals surface area contributed by atoms with Crippen LogP contribution in [-0.2, 0) is 16.6 Å². The number of nitrogens with one attached hydrogen (secondary N) is 1. The van der Waals surface area contributed by atoms with Crippen molar-refractivity contribution in [3.63, 3.8) is 0 Å². The Kier molecular flexibility index (Phi) is 5.13. The van der Waals surface area contributed by atoms with Gasteiger partial charge in [0.15, 0.2) is 4.90 Å². The van der Waals surface area contributed by atoms with E-state index in [9.17, 15) is 17.2 Å². The van der Waals surface area contributed by atoms with Gasteiger partial charge in [-0.25, -0.2) is 21.2 Å². The summed E-state index contributed by atoms with van der Waals surface area (Å²) in [4.78, 5) is 1.29. The van der Waals surface area contributed by atoms with Gasteiger partial charge in [0.2, 0.25) is 0 Å². The molecule has 28 heavy (non-hydrogen) atoms. The first kappa shape index (κ1) is 19.3. The Bertz CT molecular complexity index is 1120. The summed E-state index contributed by atoms with van der Waals surface area (Å²) < 4.78 is 54.8. The number of aromatic nitrogens is 1. The van der Waals surface area contributed by atoms with Crippen molar-refractivity contribution in [2.45, 2.75) is 11.4 Å². The van der Waals surface area contributed by atoms with Crippen LogP contribution in [0.15, 0.2) is 47.5 Å². The largest absolute Gasteiger partial charge is 0.314 e. The maximum absolute atomic E-state index is 14.1. The molecule has 3 aromatic rings. The van der Waals surface area contributed by atoms with Crippen LogP contribution in [0.25, 0.3) is 10.9 Å². The third-order valence-electron chi connectivity index (χ3n) is 4.84. The predicted molar refractivity (Wildman–Crippen MR) is 104 cm³/mol. The van der Waals surface area contributed by atoms with Crippen molar-refractivity contribution in [2.75, 3.05) is 26.2 Å². The molecule has 9 heteroatoms. The van der Waals surface area contributed by atoms with Gasteiger partial charge in [-0.2, -0.15) is 0 Å². The molecule has 0 saturated carbocycles. The zero-order valence-electron chi connectivity index (χ0n) is 14.8. The normalized spacial score (nSPS) is 16.0. The molecule has 1 saturated heterocycles. The van der Waals surface area contributed by atoms with Crippen LogP contribution >= 0.6 is 11.6 Å². The molecule has 0 radical (unpaired) electrons. The average molecular weight is 426 g/mol. The van der Waals surface area contributed by atoms with Gasteiger partial charge in [0.1, 0.15) is 11.6 Å². The first-order valence-electron chi connectivity index (χ1n) is 8.80. The van der Waals surface area contributed by atoms with Gasteiger partial charge in [-0.05, 0) is 29.8 Å². The number of nitrogens with zero attached hydrogens (tertiary/aromatic N) is 2. The fourth-order valence-corrected chi connectivity index (χ4v) is 5.26. The number of fused-ring (bicyclic) bond motifs is 1. The van der Waals surface area contributed by atoms with E-state index in [-0.39, 0.29) is 10.5 Å². The lowest BCUT2D eigenvalue weighted by Gasteiger charge is -2.27. The smallest absolute Gasteiger partial charge is 0.274 e. The highest BCUT2D eigenvalue weighted by Crippen LogP contribution is 2.31. The minimum absolute atomic E-state index is 0.206. The Morgan fingerprint density at radius 2 is 1.75 bits per heavy atom. The lowest BCUT2D eigenvalue weighted by molar-refractivity contribution is 0.233. The van der Waals surface area contributed by atoms with Crippen molar-refractivity contribution in [3.05, 3.63) is 64.8 Å². The second-order valence-corrected chi connectivity index (χ2v) is 8.87. The maximum atomic E-state index is 14.1. The number of rotatable bonds is 4. The van der Waals surface area contributed by atoms with E-state index >= 15 is 0 Å². The number of benzene rings is 2. The van der Waals surface area contributed by atoms with E-state index < -0.39 is 26.6 Å². The highest BCUT2D eigenvalue weighted by Gasteiger charge is 2.28. The molecule has 1 fully saturated rings. The van der Waals surface area contributed by atoms with E-state index in [1.54, 1.807) is 6.07 Å². The second-order valence-electron chi connectivity index (χ2n) is 6.71. The molecule has 148 valence electrons. The van der Waals surface area contributed by atoms with Gasteiger partial charge in [0, 0.05) is 44.3 Å². The molecule has 0 bridgehead atoms. The van der Waals surface area contributed by atoms with Gasteiger partial charge < -0.3 is 5.32 Å². The molecule has 2 aromatic carbocycles. The maximum Gasteiger partial charge on any atom is 0.274 e. The Morgan fingerprint density at radius 3 is 2.43 bits per heavy atom. The Hall–Kier alpha value is -2.00. The molecule has 5 nitrogen and oxygen atoms in total. The minimum atomic E-state index is -4.48. The highest BCUT2D eigenvalue weighted by molar-refractivity contribution is 7.90. The number of halogens is 3. The van der Waals surface area contributed by atoms with Crippen molar-refractivity contribution in [3.8, 4) is 0 Å². The van der Waals surface area contributed by atoms with E-state index in [0.717, 1.165) is 53.9 Å². The summed E-state index contributed by atoms with van der Waals surface area (Å²) >= 11 is 6.27. The van der Waals surface area contributed by atoms with Gasteiger partial charge in [-0.3, -0.25) is 4.90 Å². The van der Waals surface area contributed by atoms with Crippen LogP contribution in [0.4, 0.5) is 8.78 Å². The highest BCUT2D eigenvalue weighted by atomic mass is 35.5. The quantitative estimate of drug-likeness (QED) is 0.697. The molecule has 0 atom stereocenters. The van der Waals surface area contributed by atoms with Crippen molar-refractivity contribution < 1.29 is 17.2 Å².